The summed E-state index contributed by atoms with van der Waals surface area (Å²) in [5.41, 5.74) is 2.14. The Labute approximate surface area is 184 Å². The number of pyridine rings is 2. The van der Waals surface area contributed by atoms with Crippen molar-refractivity contribution in [2.75, 3.05) is 35.4 Å². The molecule has 2 aromatic heterocycles. The van der Waals surface area contributed by atoms with E-state index in [1.54, 1.807) is 12.3 Å². The van der Waals surface area contributed by atoms with Gasteiger partial charge in [-0.15, -0.1) is 0 Å². The standard InChI is InChI=1S/C21H21N5O5S/c1-12-16(11-24-21-18(12)22-9-10-31-21)26-15-7-8-23-19(27)17(15)20(28)25-13-3-5-14(6-4-13)32(2,29)30/h3-8,11,22H,9-10H2,1-2H3,(H,25,28)(H2,23,26,27). The van der Waals surface area contributed by atoms with E-state index in [9.17, 15) is 18.0 Å². The molecule has 0 saturated carbocycles. The minimum absolute atomic E-state index is 0.124. The van der Waals surface area contributed by atoms with Crippen LogP contribution in [-0.4, -0.2) is 43.7 Å². The predicted molar refractivity (Wildman–Crippen MR) is 121 cm³/mol. The van der Waals surface area contributed by atoms with Gasteiger partial charge in [0.15, 0.2) is 9.84 Å². The molecule has 0 atom stereocenters. The number of nitrogens with zero attached hydrogens (tertiary/aromatic N) is 1. The summed E-state index contributed by atoms with van der Waals surface area (Å²) in [4.78, 5) is 32.3. The second-order valence-electron chi connectivity index (χ2n) is 7.22. The molecule has 4 rings (SSSR count). The van der Waals surface area contributed by atoms with Crippen molar-refractivity contribution in [3.63, 3.8) is 0 Å². The van der Waals surface area contributed by atoms with E-state index in [0.29, 0.717) is 36.1 Å². The van der Waals surface area contributed by atoms with Crippen molar-refractivity contribution in [1.29, 1.82) is 0 Å². The Morgan fingerprint density at radius 3 is 2.62 bits per heavy atom. The lowest BCUT2D eigenvalue weighted by Crippen LogP contribution is -2.25. The molecule has 0 radical (unpaired) electrons. The van der Waals surface area contributed by atoms with Gasteiger partial charge in [-0.05, 0) is 37.3 Å². The molecule has 3 heterocycles. The fraction of sp³-hybridized carbons (Fsp3) is 0.190. The maximum atomic E-state index is 12.9. The number of benzene rings is 1. The number of aromatic nitrogens is 2. The Kier molecular flexibility index (Phi) is 5.57. The van der Waals surface area contributed by atoms with Crippen molar-refractivity contribution in [3.8, 4) is 5.88 Å². The van der Waals surface area contributed by atoms with E-state index in [-0.39, 0.29) is 10.5 Å². The van der Waals surface area contributed by atoms with Gasteiger partial charge >= 0.3 is 0 Å². The fourth-order valence-corrected chi connectivity index (χ4v) is 3.91. The fourth-order valence-electron chi connectivity index (χ4n) is 3.28. The summed E-state index contributed by atoms with van der Waals surface area (Å²) in [5.74, 6) is -0.146. The number of sulfone groups is 1. The highest BCUT2D eigenvalue weighted by Gasteiger charge is 2.20. The summed E-state index contributed by atoms with van der Waals surface area (Å²) < 4.78 is 28.7. The van der Waals surface area contributed by atoms with Crippen LogP contribution in [-0.2, 0) is 9.84 Å². The number of carbonyl (C=O) groups is 1. The van der Waals surface area contributed by atoms with Gasteiger partial charge in [-0.3, -0.25) is 9.59 Å². The first-order valence-electron chi connectivity index (χ1n) is 9.70. The Hall–Kier alpha value is -3.86. The van der Waals surface area contributed by atoms with Gasteiger partial charge in [-0.1, -0.05) is 0 Å². The third-order valence-corrected chi connectivity index (χ3v) is 6.07. The molecule has 3 aromatic rings. The molecular formula is C21H21N5O5S. The van der Waals surface area contributed by atoms with Crippen molar-refractivity contribution < 1.29 is 17.9 Å². The molecule has 0 saturated heterocycles. The third kappa shape index (κ3) is 4.28. The van der Waals surface area contributed by atoms with Crippen molar-refractivity contribution >= 4 is 38.5 Å². The molecule has 1 aliphatic rings. The molecular weight excluding hydrogens is 434 g/mol. The number of anilines is 4. The number of rotatable bonds is 5. The van der Waals surface area contributed by atoms with Crippen LogP contribution in [0.1, 0.15) is 15.9 Å². The molecule has 0 unspecified atom stereocenters. The van der Waals surface area contributed by atoms with Crippen LogP contribution < -0.4 is 26.2 Å². The lowest BCUT2D eigenvalue weighted by atomic mass is 10.1. The Morgan fingerprint density at radius 2 is 1.91 bits per heavy atom. The van der Waals surface area contributed by atoms with E-state index in [4.69, 9.17) is 4.74 Å². The summed E-state index contributed by atoms with van der Waals surface area (Å²) in [6.45, 7) is 3.05. The average Bonchev–Trinajstić information content (AvgIpc) is 2.75. The maximum Gasteiger partial charge on any atom is 0.263 e. The molecule has 0 fully saturated rings. The zero-order valence-corrected chi connectivity index (χ0v) is 18.2. The van der Waals surface area contributed by atoms with Crippen molar-refractivity contribution in [2.24, 2.45) is 0 Å². The number of hydrogen-bond acceptors (Lipinski definition) is 8. The number of hydrogen-bond donors (Lipinski definition) is 4. The van der Waals surface area contributed by atoms with E-state index >= 15 is 0 Å². The van der Waals surface area contributed by atoms with Crippen molar-refractivity contribution in [3.05, 3.63) is 64.2 Å². The van der Waals surface area contributed by atoms with Gasteiger partial charge in [0.2, 0.25) is 5.88 Å². The van der Waals surface area contributed by atoms with E-state index in [0.717, 1.165) is 17.5 Å². The second-order valence-corrected chi connectivity index (χ2v) is 9.24. The Bertz CT molecular complexity index is 1350. The Morgan fingerprint density at radius 1 is 1.16 bits per heavy atom. The summed E-state index contributed by atoms with van der Waals surface area (Å²) >= 11 is 0. The zero-order valence-electron chi connectivity index (χ0n) is 17.4. The predicted octanol–water partition coefficient (Wildman–Crippen LogP) is 2.28. The summed E-state index contributed by atoms with van der Waals surface area (Å²) in [6, 6.07) is 7.27. The molecule has 0 bridgehead atoms. The topological polar surface area (TPSA) is 142 Å². The largest absolute Gasteiger partial charge is 0.474 e. The van der Waals surface area contributed by atoms with Crippen LogP contribution in [0.25, 0.3) is 0 Å². The first-order valence-corrected chi connectivity index (χ1v) is 11.6. The van der Waals surface area contributed by atoms with Crippen LogP contribution in [0.15, 0.2) is 52.4 Å². The monoisotopic (exact) mass is 455 g/mol. The number of amides is 1. The summed E-state index contributed by atoms with van der Waals surface area (Å²) in [6.07, 6.45) is 4.11. The highest BCUT2D eigenvalue weighted by atomic mass is 32.2. The van der Waals surface area contributed by atoms with E-state index in [1.165, 1.54) is 30.5 Å². The molecule has 32 heavy (non-hydrogen) atoms. The molecule has 10 nitrogen and oxygen atoms in total. The maximum absolute atomic E-state index is 12.9. The van der Waals surface area contributed by atoms with Gasteiger partial charge in [0.25, 0.3) is 11.5 Å². The second kappa shape index (κ2) is 8.35. The molecule has 4 N–H and O–H groups in total. The number of nitrogens with one attached hydrogen (secondary N) is 4. The van der Waals surface area contributed by atoms with Gasteiger partial charge < -0.3 is 25.7 Å². The first kappa shape index (κ1) is 21.4. The number of H-pyrrole nitrogens is 1. The summed E-state index contributed by atoms with van der Waals surface area (Å²) in [7, 11) is -3.36. The van der Waals surface area contributed by atoms with Gasteiger partial charge in [0.05, 0.1) is 22.5 Å². The minimum Gasteiger partial charge on any atom is -0.474 e. The van der Waals surface area contributed by atoms with Crippen LogP contribution >= 0.6 is 0 Å². The number of fused-ring (bicyclic) bond motifs is 1. The molecule has 0 spiro atoms. The molecule has 1 amide bonds. The number of carbonyl (C=O) groups excluding carboxylic acids is 1. The van der Waals surface area contributed by atoms with Crippen LogP contribution in [0, 0.1) is 6.92 Å². The number of aromatic amines is 1. The van der Waals surface area contributed by atoms with Gasteiger partial charge in [-0.25, -0.2) is 13.4 Å². The molecule has 1 aliphatic heterocycles. The molecule has 1 aromatic carbocycles. The number of ether oxygens (including phenoxy) is 1. The van der Waals surface area contributed by atoms with Gasteiger partial charge in [0, 0.05) is 30.2 Å². The van der Waals surface area contributed by atoms with Gasteiger partial charge in [0.1, 0.15) is 17.9 Å². The highest BCUT2D eigenvalue weighted by Crippen LogP contribution is 2.34. The van der Waals surface area contributed by atoms with Crippen LogP contribution in [0.4, 0.5) is 22.7 Å². The lowest BCUT2D eigenvalue weighted by molar-refractivity contribution is 0.102. The van der Waals surface area contributed by atoms with E-state index in [1.807, 2.05) is 6.92 Å². The third-order valence-electron chi connectivity index (χ3n) is 4.94. The zero-order chi connectivity index (χ0) is 22.9. The molecule has 0 aliphatic carbocycles. The van der Waals surface area contributed by atoms with Crippen molar-refractivity contribution in [1.82, 2.24) is 9.97 Å². The first-order chi connectivity index (χ1) is 15.2. The van der Waals surface area contributed by atoms with Crippen LogP contribution in [0.5, 0.6) is 5.88 Å². The lowest BCUT2D eigenvalue weighted by Gasteiger charge is -2.22. The Balaban J connectivity index is 1.62. The quantitative estimate of drug-likeness (QED) is 0.459. The average molecular weight is 455 g/mol. The molecule has 11 heteroatoms. The summed E-state index contributed by atoms with van der Waals surface area (Å²) in [5, 5.41) is 8.97. The van der Waals surface area contributed by atoms with E-state index < -0.39 is 21.3 Å². The van der Waals surface area contributed by atoms with Gasteiger partial charge in [-0.2, -0.15) is 0 Å². The SMILES string of the molecule is Cc1c(Nc2cc[nH]c(=O)c2C(=O)Nc2ccc(S(C)(=O)=O)cc2)cnc2c1NCCO2. The smallest absolute Gasteiger partial charge is 0.263 e. The normalized spacial score (nSPS) is 12.8. The highest BCUT2D eigenvalue weighted by molar-refractivity contribution is 7.90. The van der Waals surface area contributed by atoms with Crippen molar-refractivity contribution in [2.45, 2.75) is 11.8 Å². The van der Waals surface area contributed by atoms with E-state index in [2.05, 4.69) is 25.9 Å². The van der Waals surface area contributed by atoms with Crippen LogP contribution in [0.3, 0.4) is 0 Å². The minimum atomic E-state index is -3.36. The molecule has 166 valence electrons. The van der Waals surface area contributed by atoms with Crippen LogP contribution in [0.2, 0.25) is 0 Å².